The van der Waals surface area contributed by atoms with E-state index in [1.165, 1.54) is 0 Å². The van der Waals surface area contributed by atoms with Crippen LogP contribution in [0.2, 0.25) is 0 Å². The zero-order valence-corrected chi connectivity index (χ0v) is 24.3. The van der Waals surface area contributed by atoms with E-state index < -0.39 is 5.60 Å². The highest BCUT2D eigenvalue weighted by atomic mass is 16.5. The van der Waals surface area contributed by atoms with Crippen molar-refractivity contribution < 1.29 is 19.4 Å². The number of ether oxygens (including phenoxy) is 2. The maximum Gasteiger partial charge on any atom is 0.317 e. The van der Waals surface area contributed by atoms with E-state index in [2.05, 4.69) is 24.5 Å². The van der Waals surface area contributed by atoms with E-state index >= 15 is 0 Å². The second-order valence-electron chi connectivity index (χ2n) is 11.3. The van der Waals surface area contributed by atoms with Gasteiger partial charge in [-0.15, -0.1) is 0 Å². The number of carbonyl (C=O) groups excluding carboxylic acids is 1. The summed E-state index contributed by atoms with van der Waals surface area (Å²) in [6, 6.07) is 17.9. The van der Waals surface area contributed by atoms with Gasteiger partial charge in [-0.25, -0.2) is 4.79 Å². The van der Waals surface area contributed by atoms with E-state index in [0.717, 1.165) is 49.8 Å². The molecule has 1 unspecified atom stereocenters. The highest BCUT2D eigenvalue weighted by molar-refractivity contribution is 5.74. The quantitative estimate of drug-likeness (QED) is 0.267. The second-order valence-corrected chi connectivity index (χ2v) is 11.3. The van der Waals surface area contributed by atoms with E-state index in [1.54, 1.807) is 7.11 Å². The van der Waals surface area contributed by atoms with Crippen molar-refractivity contribution in [3.05, 3.63) is 65.7 Å². The Morgan fingerprint density at radius 3 is 2.59 bits per heavy atom. The average Bonchev–Trinajstić information content (AvgIpc) is 2.94. The number of likely N-dealkylation sites (N-methyl/N-ethyl adjacent to an activating group) is 1. The Bertz CT molecular complexity index is 986. The van der Waals surface area contributed by atoms with Gasteiger partial charge in [-0.2, -0.15) is 0 Å². The molecule has 2 aromatic carbocycles. The van der Waals surface area contributed by atoms with Gasteiger partial charge in [0.1, 0.15) is 12.4 Å². The third-order valence-corrected chi connectivity index (χ3v) is 7.67. The molecule has 0 aromatic heterocycles. The summed E-state index contributed by atoms with van der Waals surface area (Å²) < 4.78 is 11.6. The number of unbranched alkanes of at least 4 members (excludes halogenated alkanes) is 1. The second kappa shape index (κ2) is 15.8. The number of hydrogen-bond acceptors (Lipinski definition) is 5. The van der Waals surface area contributed by atoms with Crippen LogP contribution in [0.15, 0.2) is 54.6 Å². The maximum atomic E-state index is 13.4. The van der Waals surface area contributed by atoms with Crippen LogP contribution in [0.5, 0.6) is 5.75 Å². The Kier molecular flexibility index (Phi) is 12.6. The normalized spacial score (nSPS) is 18.0. The minimum Gasteiger partial charge on any atom is -0.489 e. The largest absolute Gasteiger partial charge is 0.489 e. The highest BCUT2D eigenvalue weighted by Crippen LogP contribution is 2.43. The molecule has 0 spiro atoms. The Balaban J connectivity index is 1.81. The molecule has 0 bridgehead atoms. The summed E-state index contributed by atoms with van der Waals surface area (Å²) in [5, 5.41) is 18.9. The van der Waals surface area contributed by atoms with Crippen molar-refractivity contribution in [3.63, 3.8) is 0 Å². The van der Waals surface area contributed by atoms with Gasteiger partial charge in [-0.1, -0.05) is 62.4 Å². The predicted molar refractivity (Wildman–Crippen MR) is 157 cm³/mol. The number of methoxy groups -OCH3 is 1. The minimum absolute atomic E-state index is 0.0454. The smallest absolute Gasteiger partial charge is 0.317 e. The molecule has 0 radical (unpaired) electrons. The first-order valence-corrected chi connectivity index (χ1v) is 14.5. The van der Waals surface area contributed by atoms with Gasteiger partial charge in [0.15, 0.2) is 0 Å². The van der Waals surface area contributed by atoms with E-state index in [1.807, 2.05) is 66.5 Å². The maximum absolute atomic E-state index is 13.4. The van der Waals surface area contributed by atoms with Crippen LogP contribution in [-0.2, 0) is 16.9 Å². The van der Waals surface area contributed by atoms with Crippen molar-refractivity contribution >= 4 is 6.03 Å². The molecule has 3 N–H and O–H groups in total. The summed E-state index contributed by atoms with van der Waals surface area (Å²) in [7, 11) is 3.62. The zero-order chi connectivity index (χ0) is 28.1. The molecule has 3 rings (SSSR count). The number of aliphatic hydroxyl groups is 1. The molecule has 1 aliphatic rings. The number of urea groups is 1. The van der Waals surface area contributed by atoms with Crippen LogP contribution >= 0.6 is 0 Å². The Morgan fingerprint density at radius 2 is 1.87 bits per heavy atom. The lowest BCUT2D eigenvalue weighted by atomic mass is 9.73. The van der Waals surface area contributed by atoms with Gasteiger partial charge in [0.2, 0.25) is 0 Å². The fraction of sp³-hybridized carbons (Fsp3) is 0.594. The molecule has 1 heterocycles. The molecule has 216 valence electrons. The van der Waals surface area contributed by atoms with Crippen molar-refractivity contribution in [2.45, 2.75) is 70.6 Å². The van der Waals surface area contributed by atoms with Gasteiger partial charge in [0.25, 0.3) is 0 Å². The molecule has 1 saturated heterocycles. The third kappa shape index (κ3) is 9.23. The molecule has 0 saturated carbocycles. The van der Waals surface area contributed by atoms with Crippen LogP contribution in [0.1, 0.15) is 63.5 Å². The van der Waals surface area contributed by atoms with E-state index in [0.29, 0.717) is 44.4 Å². The van der Waals surface area contributed by atoms with Gasteiger partial charge < -0.3 is 30.1 Å². The minimum atomic E-state index is -1.12. The van der Waals surface area contributed by atoms with Crippen molar-refractivity contribution in [1.82, 2.24) is 15.5 Å². The number of nitrogens with one attached hydrogen (secondary N) is 2. The lowest BCUT2D eigenvalue weighted by Gasteiger charge is -2.43. The van der Waals surface area contributed by atoms with Crippen molar-refractivity contribution in [2.24, 2.45) is 11.8 Å². The van der Waals surface area contributed by atoms with Crippen LogP contribution in [0.25, 0.3) is 0 Å². The zero-order valence-electron chi connectivity index (χ0n) is 24.3. The van der Waals surface area contributed by atoms with Crippen molar-refractivity contribution in [1.29, 1.82) is 0 Å². The number of carbonyl (C=O) groups is 1. The fourth-order valence-corrected chi connectivity index (χ4v) is 5.71. The number of piperidine rings is 1. The fourth-order valence-electron chi connectivity index (χ4n) is 5.71. The number of hydrogen-bond donors (Lipinski definition) is 3. The molecule has 7 heteroatoms. The van der Waals surface area contributed by atoms with Crippen LogP contribution in [0.4, 0.5) is 4.79 Å². The number of amides is 2. The molecule has 2 amide bonds. The van der Waals surface area contributed by atoms with Crippen LogP contribution in [0.3, 0.4) is 0 Å². The predicted octanol–water partition coefficient (Wildman–Crippen LogP) is 5.33. The van der Waals surface area contributed by atoms with Crippen molar-refractivity contribution in [3.8, 4) is 5.75 Å². The van der Waals surface area contributed by atoms with E-state index in [-0.39, 0.29) is 18.0 Å². The molecular weight excluding hydrogens is 490 g/mol. The molecule has 1 aliphatic heterocycles. The highest BCUT2D eigenvalue weighted by Gasteiger charge is 2.43. The Labute approximate surface area is 235 Å². The summed E-state index contributed by atoms with van der Waals surface area (Å²) in [5.74, 6) is 1.08. The standard InChI is InChI=1S/C32H49N3O4/c1-25(2)21-28(22-33-3)34-31(36)35-19-12-15-27(23-35)32(37,18-10-11-20-38-4)29-16-8-9-17-30(29)39-24-26-13-6-5-7-14-26/h5-9,13-14,16-17,25,27-28,33,37H,10-12,15,18-24H2,1-4H3,(H,34,36)/t27-,28+,32?/m1/s1. The molecule has 39 heavy (non-hydrogen) atoms. The lowest BCUT2D eigenvalue weighted by Crippen LogP contribution is -2.54. The number of nitrogens with zero attached hydrogens (tertiary/aromatic N) is 1. The van der Waals surface area contributed by atoms with E-state index in [4.69, 9.17) is 9.47 Å². The number of rotatable bonds is 15. The summed E-state index contributed by atoms with van der Waals surface area (Å²) in [5.41, 5.74) is 0.759. The first-order chi connectivity index (χ1) is 18.9. The number of para-hydroxylation sites is 1. The van der Waals surface area contributed by atoms with Gasteiger partial charge in [0.05, 0.1) is 5.60 Å². The van der Waals surface area contributed by atoms with Crippen molar-refractivity contribution in [2.75, 3.05) is 40.4 Å². The van der Waals surface area contributed by atoms with Crippen LogP contribution in [0, 0.1) is 11.8 Å². The first kappa shape index (κ1) is 30.9. The summed E-state index contributed by atoms with van der Waals surface area (Å²) in [4.78, 5) is 15.3. The average molecular weight is 540 g/mol. The monoisotopic (exact) mass is 539 g/mol. The number of benzene rings is 2. The molecule has 2 aromatic rings. The third-order valence-electron chi connectivity index (χ3n) is 7.67. The first-order valence-electron chi connectivity index (χ1n) is 14.5. The SMILES string of the molecule is CNC[C@H](CC(C)C)NC(=O)N1CCC[C@@H](C(O)(CCCCOC)c2ccccc2OCc2ccccc2)C1. The molecular formula is C32H49N3O4. The van der Waals surface area contributed by atoms with Crippen LogP contribution < -0.4 is 15.4 Å². The van der Waals surface area contributed by atoms with E-state index in [9.17, 15) is 9.90 Å². The molecule has 0 aliphatic carbocycles. The number of likely N-dealkylation sites (tertiary alicyclic amines) is 1. The summed E-state index contributed by atoms with van der Waals surface area (Å²) in [6.45, 7) is 7.37. The van der Waals surface area contributed by atoms with Gasteiger partial charge in [-0.3, -0.25) is 0 Å². The van der Waals surface area contributed by atoms with Crippen LogP contribution in [-0.4, -0.2) is 62.5 Å². The van der Waals surface area contributed by atoms with Gasteiger partial charge >= 0.3 is 6.03 Å². The van der Waals surface area contributed by atoms with Gasteiger partial charge in [0, 0.05) is 50.9 Å². The molecule has 7 nitrogen and oxygen atoms in total. The van der Waals surface area contributed by atoms with Gasteiger partial charge in [-0.05, 0) is 63.1 Å². The lowest BCUT2D eigenvalue weighted by molar-refractivity contribution is -0.0581. The summed E-state index contributed by atoms with van der Waals surface area (Å²) in [6.07, 6.45) is 4.88. The molecule has 3 atom stereocenters. The summed E-state index contributed by atoms with van der Waals surface area (Å²) >= 11 is 0. The molecule has 1 fully saturated rings. The topological polar surface area (TPSA) is 83.1 Å². The Morgan fingerprint density at radius 1 is 1.13 bits per heavy atom. The Hall–Kier alpha value is -2.61.